The van der Waals surface area contributed by atoms with Crippen molar-refractivity contribution in [1.29, 1.82) is 0 Å². The number of ether oxygens (including phenoxy) is 1. The topological polar surface area (TPSA) is 64.9 Å². The summed E-state index contributed by atoms with van der Waals surface area (Å²) >= 11 is 0. The molecule has 1 N–H and O–H groups in total. The Morgan fingerprint density at radius 1 is 1.38 bits per heavy atom. The maximum absolute atomic E-state index is 6.06. The molecule has 1 fully saturated rings. The Hall–Kier alpha value is -1.01. The highest BCUT2D eigenvalue weighted by atomic mass is 16.5. The Morgan fingerprint density at radius 3 is 2.81 bits per heavy atom. The number of hydrogen-bond acceptors (Lipinski definition) is 5. The Labute approximate surface area is 127 Å². The molecular formula is C15H29N5O. The minimum atomic E-state index is -0.00772. The van der Waals surface area contributed by atoms with Crippen molar-refractivity contribution in [2.24, 2.45) is 0 Å². The van der Waals surface area contributed by atoms with Gasteiger partial charge in [-0.3, -0.25) is 0 Å². The van der Waals surface area contributed by atoms with Gasteiger partial charge in [-0.15, -0.1) is 5.10 Å². The smallest absolute Gasteiger partial charge is 0.168 e. The number of nitrogens with zero attached hydrogens (tertiary/aromatic N) is 4. The predicted octanol–water partition coefficient (Wildman–Crippen LogP) is 2.64. The highest BCUT2D eigenvalue weighted by Crippen LogP contribution is 2.37. The molecule has 0 saturated carbocycles. The summed E-state index contributed by atoms with van der Waals surface area (Å²) in [4.78, 5) is 0. The first-order chi connectivity index (χ1) is 10.2. The van der Waals surface area contributed by atoms with Crippen LogP contribution in [0.5, 0.6) is 0 Å². The van der Waals surface area contributed by atoms with Crippen molar-refractivity contribution < 1.29 is 4.74 Å². The summed E-state index contributed by atoms with van der Waals surface area (Å²) in [6.45, 7) is 10.5. The van der Waals surface area contributed by atoms with E-state index in [9.17, 15) is 0 Å². The monoisotopic (exact) mass is 295 g/mol. The zero-order chi connectivity index (χ0) is 15.3. The van der Waals surface area contributed by atoms with Crippen molar-refractivity contribution in [3.8, 4) is 0 Å². The van der Waals surface area contributed by atoms with Crippen LogP contribution in [0.25, 0.3) is 0 Å². The number of tetrazole rings is 1. The second-order valence-electron chi connectivity index (χ2n) is 6.04. The van der Waals surface area contributed by atoms with Crippen molar-refractivity contribution in [3.05, 3.63) is 5.82 Å². The maximum Gasteiger partial charge on any atom is 0.168 e. The minimum absolute atomic E-state index is 0.00772. The molecular weight excluding hydrogens is 266 g/mol. The highest BCUT2D eigenvalue weighted by Gasteiger charge is 2.36. The molecule has 2 rings (SSSR count). The summed E-state index contributed by atoms with van der Waals surface area (Å²) in [6.07, 6.45) is 5.18. The number of nitrogens with one attached hydrogen (secondary N) is 1. The van der Waals surface area contributed by atoms with E-state index in [1.807, 2.05) is 4.68 Å². The van der Waals surface area contributed by atoms with Crippen LogP contribution in [0, 0.1) is 0 Å². The predicted molar refractivity (Wildman–Crippen MR) is 82.1 cm³/mol. The fraction of sp³-hybridized carbons (Fsp3) is 0.933. The summed E-state index contributed by atoms with van der Waals surface area (Å²) in [6, 6.07) is 0.523. The SMILES string of the molecule is CCCNC(C)c1nnnn1C1CCOC(CC)(CC)C1. The van der Waals surface area contributed by atoms with E-state index in [1.165, 1.54) is 0 Å². The van der Waals surface area contributed by atoms with E-state index in [0.29, 0.717) is 6.04 Å². The summed E-state index contributed by atoms with van der Waals surface area (Å²) in [5, 5.41) is 15.9. The number of aromatic nitrogens is 4. The number of hydrogen-bond donors (Lipinski definition) is 1. The molecule has 1 aromatic rings. The summed E-state index contributed by atoms with van der Waals surface area (Å²) < 4.78 is 8.08. The van der Waals surface area contributed by atoms with Crippen molar-refractivity contribution in [2.75, 3.05) is 13.2 Å². The third-order valence-electron chi connectivity index (χ3n) is 4.71. The lowest BCUT2D eigenvalue weighted by Crippen LogP contribution is -2.40. The van der Waals surface area contributed by atoms with Crippen LogP contribution >= 0.6 is 0 Å². The molecule has 2 heterocycles. The van der Waals surface area contributed by atoms with Crippen molar-refractivity contribution in [2.45, 2.75) is 77.5 Å². The van der Waals surface area contributed by atoms with E-state index in [1.54, 1.807) is 0 Å². The van der Waals surface area contributed by atoms with Gasteiger partial charge in [0.15, 0.2) is 5.82 Å². The van der Waals surface area contributed by atoms with E-state index in [-0.39, 0.29) is 11.6 Å². The summed E-state index contributed by atoms with van der Waals surface area (Å²) in [7, 11) is 0. The van der Waals surface area contributed by atoms with Crippen LogP contribution in [0.1, 0.15) is 77.7 Å². The molecule has 1 aromatic heterocycles. The quantitative estimate of drug-likeness (QED) is 0.837. The first-order valence-corrected chi connectivity index (χ1v) is 8.30. The molecule has 0 aromatic carbocycles. The average molecular weight is 295 g/mol. The molecule has 0 amide bonds. The van der Waals surface area contributed by atoms with Gasteiger partial charge in [0.1, 0.15) is 0 Å². The van der Waals surface area contributed by atoms with Gasteiger partial charge in [-0.2, -0.15) is 0 Å². The first-order valence-electron chi connectivity index (χ1n) is 8.30. The van der Waals surface area contributed by atoms with E-state index in [4.69, 9.17) is 4.74 Å². The molecule has 21 heavy (non-hydrogen) atoms. The molecule has 6 nitrogen and oxygen atoms in total. The van der Waals surface area contributed by atoms with Gasteiger partial charge < -0.3 is 10.1 Å². The second-order valence-corrected chi connectivity index (χ2v) is 6.04. The summed E-state index contributed by atoms with van der Waals surface area (Å²) in [5.41, 5.74) is -0.00772. The third-order valence-corrected chi connectivity index (χ3v) is 4.71. The normalized spacial score (nSPS) is 23.1. The van der Waals surface area contributed by atoms with Gasteiger partial charge in [-0.25, -0.2) is 4.68 Å². The van der Waals surface area contributed by atoms with Crippen LogP contribution in [-0.4, -0.2) is 39.0 Å². The third kappa shape index (κ3) is 3.61. The molecule has 0 bridgehead atoms. The molecule has 120 valence electrons. The summed E-state index contributed by atoms with van der Waals surface area (Å²) in [5.74, 6) is 0.941. The van der Waals surface area contributed by atoms with Crippen LogP contribution in [0.4, 0.5) is 0 Å². The van der Waals surface area contributed by atoms with Crippen molar-refractivity contribution in [3.63, 3.8) is 0 Å². The second kappa shape index (κ2) is 7.31. The van der Waals surface area contributed by atoms with Crippen LogP contribution in [-0.2, 0) is 4.74 Å². The minimum Gasteiger partial charge on any atom is -0.375 e. The Bertz CT molecular complexity index is 429. The van der Waals surface area contributed by atoms with Crippen LogP contribution in [0.3, 0.4) is 0 Å². The van der Waals surface area contributed by atoms with Gasteiger partial charge in [0.25, 0.3) is 0 Å². The van der Waals surface area contributed by atoms with Gasteiger partial charge in [-0.1, -0.05) is 20.8 Å². The Morgan fingerprint density at radius 2 is 2.14 bits per heavy atom. The van der Waals surface area contributed by atoms with Gasteiger partial charge in [0.05, 0.1) is 17.7 Å². The molecule has 0 spiro atoms. The van der Waals surface area contributed by atoms with E-state index < -0.39 is 0 Å². The molecule has 2 atom stereocenters. The van der Waals surface area contributed by atoms with E-state index >= 15 is 0 Å². The van der Waals surface area contributed by atoms with Gasteiger partial charge in [0.2, 0.25) is 0 Å². The molecule has 1 aliphatic rings. The van der Waals surface area contributed by atoms with Gasteiger partial charge >= 0.3 is 0 Å². The lowest BCUT2D eigenvalue weighted by atomic mass is 9.86. The highest BCUT2D eigenvalue weighted by molar-refractivity contribution is 4.95. The molecule has 0 aliphatic carbocycles. The van der Waals surface area contributed by atoms with Crippen LogP contribution < -0.4 is 5.32 Å². The zero-order valence-electron chi connectivity index (χ0n) is 13.8. The van der Waals surface area contributed by atoms with Crippen molar-refractivity contribution in [1.82, 2.24) is 25.5 Å². The van der Waals surface area contributed by atoms with Crippen LogP contribution in [0.2, 0.25) is 0 Å². The lowest BCUT2D eigenvalue weighted by Gasteiger charge is -2.40. The molecule has 6 heteroatoms. The fourth-order valence-corrected chi connectivity index (χ4v) is 3.15. The average Bonchev–Trinajstić information content (AvgIpc) is 3.02. The Kier molecular flexibility index (Phi) is 5.70. The molecule has 1 saturated heterocycles. The fourth-order valence-electron chi connectivity index (χ4n) is 3.15. The number of rotatable bonds is 7. The largest absolute Gasteiger partial charge is 0.375 e. The van der Waals surface area contributed by atoms with Crippen LogP contribution in [0.15, 0.2) is 0 Å². The standard InChI is InChI=1S/C15H29N5O/c1-5-9-16-12(4)14-17-18-19-20(14)13-8-10-21-15(6-2,7-3)11-13/h12-13,16H,5-11H2,1-4H3. The van der Waals surface area contributed by atoms with E-state index in [0.717, 1.165) is 51.1 Å². The first kappa shape index (κ1) is 16.4. The van der Waals surface area contributed by atoms with E-state index in [2.05, 4.69) is 48.5 Å². The molecule has 0 radical (unpaired) electrons. The zero-order valence-corrected chi connectivity index (χ0v) is 13.8. The molecule has 1 aliphatic heterocycles. The Balaban J connectivity index is 2.13. The van der Waals surface area contributed by atoms with Gasteiger partial charge in [-0.05, 0) is 56.0 Å². The lowest BCUT2D eigenvalue weighted by molar-refractivity contribution is -0.101. The van der Waals surface area contributed by atoms with Crippen molar-refractivity contribution >= 4 is 0 Å². The maximum atomic E-state index is 6.06. The van der Waals surface area contributed by atoms with Gasteiger partial charge in [0, 0.05) is 6.61 Å². The molecule has 2 unspecified atom stereocenters.